The zero-order chi connectivity index (χ0) is 8.72. The number of carbonyl (C=O) groups is 2. The summed E-state index contributed by atoms with van der Waals surface area (Å²) in [6.45, 7) is 0. The summed E-state index contributed by atoms with van der Waals surface area (Å²) in [7, 11) is 0. The van der Waals surface area contributed by atoms with Crippen molar-refractivity contribution in [1.82, 2.24) is 3.11 Å². The molecule has 0 aromatic heterocycles. The smallest absolute Gasteiger partial charge is 0.246 e. The van der Waals surface area contributed by atoms with E-state index in [1.54, 1.807) is 35.0 Å². The molecule has 2 atom stereocenters. The topological polar surface area (TPSA) is 37.4 Å². The highest BCUT2D eigenvalue weighted by molar-refractivity contribution is 14.1. The lowest BCUT2D eigenvalue weighted by molar-refractivity contribution is -0.131. The third kappa shape index (κ3) is 0.939. The van der Waals surface area contributed by atoms with E-state index in [1.165, 1.54) is 3.11 Å². The Balaban J connectivity index is 2.40. The van der Waals surface area contributed by atoms with Crippen LogP contribution in [0.1, 0.15) is 0 Å². The quantitative estimate of drug-likeness (QED) is 0.376. The Morgan fingerprint density at radius 2 is 1.50 bits per heavy atom. The molecule has 0 aromatic carbocycles. The van der Waals surface area contributed by atoms with Crippen LogP contribution in [0.2, 0.25) is 0 Å². The minimum Gasteiger partial charge on any atom is -0.273 e. The van der Waals surface area contributed by atoms with Crippen LogP contribution in [-0.4, -0.2) is 14.9 Å². The Hall–Kier alpha value is -0.650. The molecule has 1 heterocycles. The van der Waals surface area contributed by atoms with E-state index >= 15 is 0 Å². The first kappa shape index (κ1) is 7.97. The summed E-state index contributed by atoms with van der Waals surface area (Å²) >= 11 is 1.76. The van der Waals surface area contributed by atoms with Gasteiger partial charge in [0, 0.05) is 0 Å². The molecule has 12 heavy (non-hydrogen) atoms. The number of rotatable bonds is 0. The Labute approximate surface area is 83.6 Å². The fourth-order valence-electron chi connectivity index (χ4n) is 1.45. The summed E-state index contributed by atoms with van der Waals surface area (Å²) < 4.78 is 1.17. The molecule has 1 aliphatic carbocycles. The highest BCUT2D eigenvalue weighted by Crippen LogP contribution is 2.32. The lowest BCUT2D eigenvalue weighted by atomic mass is 9.91. The van der Waals surface area contributed by atoms with Gasteiger partial charge in [-0.25, -0.2) is 3.11 Å². The molecule has 0 bridgehead atoms. The van der Waals surface area contributed by atoms with Gasteiger partial charge in [-0.1, -0.05) is 24.3 Å². The van der Waals surface area contributed by atoms with Gasteiger partial charge >= 0.3 is 0 Å². The third-order valence-corrected chi connectivity index (χ3v) is 3.04. The standard InChI is InChI=1S/C8H6INO2/c9-10-7(11)5-3-1-2-4-6(5)8(10)12/h1-6H. The number of allylic oxidation sites excluding steroid dienone is 2. The molecular weight excluding hydrogens is 269 g/mol. The van der Waals surface area contributed by atoms with Gasteiger partial charge in [0.25, 0.3) is 0 Å². The Kier molecular flexibility index (Phi) is 1.79. The highest BCUT2D eigenvalue weighted by atomic mass is 127. The van der Waals surface area contributed by atoms with Crippen molar-refractivity contribution in [3.05, 3.63) is 24.3 Å². The van der Waals surface area contributed by atoms with Crippen LogP contribution in [-0.2, 0) is 9.59 Å². The Bertz CT molecular complexity index is 278. The van der Waals surface area contributed by atoms with Crippen LogP contribution in [0.25, 0.3) is 0 Å². The fraction of sp³-hybridized carbons (Fsp3) is 0.250. The first-order valence-corrected chi connectivity index (χ1v) is 4.57. The number of fused-ring (bicyclic) bond motifs is 1. The molecule has 3 nitrogen and oxygen atoms in total. The molecule has 1 saturated heterocycles. The van der Waals surface area contributed by atoms with E-state index < -0.39 is 0 Å². The van der Waals surface area contributed by atoms with Gasteiger partial charge in [-0.05, 0) is 0 Å². The first-order chi connectivity index (χ1) is 5.72. The number of hydrogen-bond donors (Lipinski definition) is 0. The average molecular weight is 275 g/mol. The molecule has 0 saturated carbocycles. The minimum atomic E-state index is -0.251. The Morgan fingerprint density at radius 1 is 1.08 bits per heavy atom. The van der Waals surface area contributed by atoms with E-state index in [0.717, 1.165) is 0 Å². The van der Waals surface area contributed by atoms with Crippen LogP contribution in [0.3, 0.4) is 0 Å². The molecule has 2 rings (SSSR count). The van der Waals surface area contributed by atoms with Crippen molar-refractivity contribution in [2.75, 3.05) is 0 Å². The summed E-state index contributed by atoms with van der Waals surface area (Å²) in [6.07, 6.45) is 7.18. The van der Waals surface area contributed by atoms with E-state index in [0.29, 0.717) is 0 Å². The zero-order valence-corrected chi connectivity index (χ0v) is 8.26. The molecule has 0 spiro atoms. The lowest BCUT2D eigenvalue weighted by Gasteiger charge is -2.08. The average Bonchev–Trinajstić information content (AvgIpc) is 2.33. The van der Waals surface area contributed by atoms with Gasteiger partial charge < -0.3 is 0 Å². The second kappa shape index (κ2) is 2.69. The van der Waals surface area contributed by atoms with E-state index in [2.05, 4.69) is 0 Å². The number of nitrogens with zero attached hydrogens (tertiary/aromatic N) is 1. The van der Waals surface area contributed by atoms with Crippen LogP contribution >= 0.6 is 22.9 Å². The largest absolute Gasteiger partial charge is 0.273 e. The lowest BCUT2D eigenvalue weighted by Crippen LogP contribution is -2.19. The van der Waals surface area contributed by atoms with Crippen LogP contribution in [0.15, 0.2) is 24.3 Å². The highest BCUT2D eigenvalue weighted by Gasteiger charge is 2.44. The van der Waals surface area contributed by atoms with Crippen molar-refractivity contribution in [3.63, 3.8) is 0 Å². The van der Waals surface area contributed by atoms with Gasteiger partial charge in [0.05, 0.1) is 34.7 Å². The predicted octanol–water partition coefficient (Wildman–Crippen LogP) is 1.06. The van der Waals surface area contributed by atoms with Crippen LogP contribution in [0.5, 0.6) is 0 Å². The van der Waals surface area contributed by atoms with Crippen molar-refractivity contribution >= 4 is 34.7 Å². The normalized spacial score (nSPS) is 32.9. The summed E-state index contributed by atoms with van der Waals surface area (Å²) in [4.78, 5) is 22.7. The molecule has 2 amide bonds. The molecule has 0 radical (unpaired) electrons. The molecule has 2 unspecified atom stereocenters. The van der Waals surface area contributed by atoms with Gasteiger partial charge in [-0.15, -0.1) is 0 Å². The minimum absolute atomic E-state index is 0.105. The van der Waals surface area contributed by atoms with Crippen LogP contribution in [0, 0.1) is 11.8 Å². The van der Waals surface area contributed by atoms with Gasteiger partial charge in [-0.2, -0.15) is 0 Å². The third-order valence-electron chi connectivity index (χ3n) is 2.09. The second-order valence-electron chi connectivity index (χ2n) is 2.78. The Morgan fingerprint density at radius 3 is 1.92 bits per heavy atom. The number of imide groups is 1. The molecule has 4 heteroatoms. The van der Waals surface area contributed by atoms with Crippen LogP contribution < -0.4 is 0 Å². The number of carbonyl (C=O) groups excluding carboxylic acids is 2. The monoisotopic (exact) mass is 275 g/mol. The summed E-state index contributed by atoms with van der Waals surface area (Å²) in [5.74, 6) is -0.712. The van der Waals surface area contributed by atoms with Gasteiger partial charge in [0.1, 0.15) is 0 Å². The molecule has 1 fully saturated rings. The molecule has 1 aliphatic heterocycles. The first-order valence-electron chi connectivity index (χ1n) is 3.60. The summed E-state index contributed by atoms with van der Waals surface area (Å²) in [5.41, 5.74) is 0. The number of halogens is 1. The van der Waals surface area contributed by atoms with Gasteiger partial charge in [0.2, 0.25) is 11.8 Å². The SMILES string of the molecule is O=C1C2C=CC=CC2C(=O)N1I. The molecule has 0 aromatic rings. The second-order valence-corrected chi connectivity index (χ2v) is 3.74. The molecular formula is C8H6INO2. The van der Waals surface area contributed by atoms with Crippen molar-refractivity contribution < 1.29 is 9.59 Å². The number of amides is 2. The summed E-state index contributed by atoms with van der Waals surface area (Å²) in [5, 5.41) is 0. The molecule has 2 aliphatic rings. The van der Waals surface area contributed by atoms with E-state index in [-0.39, 0.29) is 23.7 Å². The van der Waals surface area contributed by atoms with Crippen molar-refractivity contribution in [2.24, 2.45) is 11.8 Å². The van der Waals surface area contributed by atoms with Gasteiger partial charge in [0.15, 0.2) is 0 Å². The summed E-state index contributed by atoms with van der Waals surface area (Å²) in [6, 6.07) is 0. The van der Waals surface area contributed by atoms with E-state index in [1.807, 2.05) is 12.2 Å². The maximum absolute atomic E-state index is 11.4. The van der Waals surface area contributed by atoms with Crippen molar-refractivity contribution in [1.29, 1.82) is 0 Å². The van der Waals surface area contributed by atoms with Crippen molar-refractivity contribution in [2.45, 2.75) is 0 Å². The predicted molar refractivity (Wildman–Crippen MR) is 51.1 cm³/mol. The van der Waals surface area contributed by atoms with E-state index in [9.17, 15) is 9.59 Å². The van der Waals surface area contributed by atoms with E-state index in [4.69, 9.17) is 0 Å². The molecule has 62 valence electrons. The maximum Gasteiger partial charge on any atom is 0.246 e. The number of hydrogen-bond acceptors (Lipinski definition) is 2. The molecule has 0 N–H and O–H groups in total. The van der Waals surface area contributed by atoms with Crippen molar-refractivity contribution in [3.8, 4) is 0 Å². The maximum atomic E-state index is 11.4. The van der Waals surface area contributed by atoms with Crippen LogP contribution in [0.4, 0.5) is 0 Å². The fourth-order valence-corrected chi connectivity index (χ4v) is 2.09. The van der Waals surface area contributed by atoms with Gasteiger partial charge in [-0.3, -0.25) is 9.59 Å². The zero-order valence-electron chi connectivity index (χ0n) is 6.11.